The van der Waals surface area contributed by atoms with Crippen LogP contribution in [0.2, 0.25) is 5.15 Å². The van der Waals surface area contributed by atoms with Crippen LogP contribution in [-0.2, 0) is 17.3 Å². The van der Waals surface area contributed by atoms with E-state index in [0.717, 1.165) is 15.6 Å². The molecule has 0 aromatic carbocycles. The summed E-state index contributed by atoms with van der Waals surface area (Å²) in [6.45, 7) is -0.626. The van der Waals surface area contributed by atoms with Crippen LogP contribution in [0.4, 0.5) is 33.3 Å². The number of carbonyl (C=O) groups is 1. The van der Waals surface area contributed by atoms with Crippen LogP contribution < -0.4 is 10.2 Å². The number of hydrogen-bond donors (Lipinski definition) is 1. The molecule has 16 heteroatoms. The summed E-state index contributed by atoms with van der Waals surface area (Å²) < 4.78 is 69.3. The van der Waals surface area contributed by atoms with Crippen LogP contribution >= 0.6 is 11.6 Å². The van der Waals surface area contributed by atoms with E-state index in [2.05, 4.69) is 30.7 Å². The van der Waals surface area contributed by atoms with Crippen LogP contribution in [0, 0.1) is 0 Å². The molecule has 10 nitrogen and oxygen atoms in total. The summed E-state index contributed by atoms with van der Waals surface area (Å²) in [5.41, 5.74) is -2.37. The lowest BCUT2D eigenvalue weighted by Crippen LogP contribution is -2.47. The number of alkyl halides is 5. The van der Waals surface area contributed by atoms with Gasteiger partial charge in [0, 0.05) is 31.9 Å². The summed E-state index contributed by atoms with van der Waals surface area (Å²) in [4.78, 5) is 16.4. The molecule has 1 aliphatic heterocycles. The van der Waals surface area contributed by atoms with Crippen LogP contribution in [0.1, 0.15) is 23.4 Å². The number of fused-ring (bicyclic) bond motifs is 3. The Morgan fingerprint density at radius 3 is 2.56 bits per heavy atom. The number of aryl methyl sites for hydroxylation is 1. The zero-order valence-electron chi connectivity index (χ0n) is 18.6. The summed E-state index contributed by atoms with van der Waals surface area (Å²) in [6, 6.07) is 2.62. The zero-order chi connectivity index (χ0) is 26.3. The first kappa shape index (κ1) is 25.2. The normalized spacial score (nSPS) is 17.2. The van der Waals surface area contributed by atoms with Gasteiger partial charge in [-0.2, -0.15) is 28.5 Å². The summed E-state index contributed by atoms with van der Waals surface area (Å²) in [7, 11) is 3.15. The highest BCUT2D eigenvalue weighted by Crippen LogP contribution is 2.53. The van der Waals surface area contributed by atoms with Crippen molar-refractivity contribution in [2.24, 2.45) is 7.05 Å². The summed E-state index contributed by atoms with van der Waals surface area (Å²) in [5.74, 6) is 0. The van der Waals surface area contributed by atoms with E-state index in [-0.39, 0.29) is 33.4 Å². The molecule has 0 bridgehead atoms. The molecule has 0 saturated heterocycles. The summed E-state index contributed by atoms with van der Waals surface area (Å²) in [5, 5.41) is 17.1. The highest BCUT2D eigenvalue weighted by molar-refractivity contribution is 6.29. The van der Waals surface area contributed by atoms with Gasteiger partial charge in [0.2, 0.25) is 6.41 Å². The first-order valence-corrected chi connectivity index (χ1v) is 10.5. The standard InChI is InChI=1S/C14H10ClF3N6O.C6H7F2N3/c1-22-5-8(3-20-22)13(14(16,17)18)6-23(7-25)9-4-19-11-2-10(15)21-24(11)12(9)13;1-9-4-2-5(6(7)8)11-10-3-4/h2-5,7H,6H2,1H3;2-3,6H,1H3,(H,9,11)/t13-;/m1./s1. The fraction of sp³-hybridized carbons (Fsp3) is 0.300. The number of anilines is 2. The largest absolute Gasteiger partial charge is 0.405 e. The number of halogens is 6. The van der Waals surface area contributed by atoms with Gasteiger partial charge in [-0.1, -0.05) is 11.6 Å². The minimum atomic E-state index is -4.71. The lowest BCUT2D eigenvalue weighted by Gasteiger charge is -2.31. The predicted octanol–water partition coefficient (Wildman–Crippen LogP) is 3.40. The van der Waals surface area contributed by atoms with Crippen LogP contribution in [0.3, 0.4) is 0 Å². The van der Waals surface area contributed by atoms with E-state index in [1.54, 1.807) is 7.05 Å². The Morgan fingerprint density at radius 1 is 1.22 bits per heavy atom. The van der Waals surface area contributed by atoms with Gasteiger partial charge >= 0.3 is 6.18 Å². The van der Waals surface area contributed by atoms with Crippen molar-refractivity contribution in [3.63, 3.8) is 0 Å². The molecule has 0 fully saturated rings. The fourth-order valence-electron chi connectivity index (χ4n) is 3.90. The van der Waals surface area contributed by atoms with Crippen molar-refractivity contribution >= 4 is 35.0 Å². The van der Waals surface area contributed by atoms with E-state index in [9.17, 15) is 26.7 Å². The van der Waals surface area contributed by atoms with Crippen molar-refractivity contribution < 1.29 is 26.7 Å². The van der Waals surface area contributed by atoms with E-state index in [4.69, 9.17) is 11.6 Å². The Morgan fingerprint density at radius 2 is 1.97 bits per heavy atom. The van der Waals surface area contributed by atoms with Crippen molar-refractivity contribution in [1.29, 1.82) is 0 Å². The number of nitrogens with one attached hydrogen (secondary N) is 1. The Bertz CT molecular complexity index is 1410. The number of aromatic nitrogens is 7. The summed E-state index contributed by atoms with van der Waals surface area (Å²) in [6.07, 6.45) is -1.90. The van der Waals surface area contributed by atoms with Crippen molar-refractivity contribution in [3.05, 3.63) is 59.0 Å². The second kappa shape index (κ2) is 9.29. The van der Waals surface area contributed by atoms with Gasteiger partial charge in [0.25, 0.3) is 6.43 Å². The quantitative estimate of drug-likeness (QED) is 0.319. The van der Waals surface area contributed by atoms with Crippen LogP contribution in [0.15, 0.2) is 36.9 Å². The average molecular weight is 530 g/mol. The minimum Gasteiger partial charge on any atom is -0.387 e. The number of amides is 1. The molecule has 1 aliphatic rings. The molecule has 0 spiro atoms. The minimum absolute atomic E-state index is 0.00714. The summed E-state index contributed by atoms with van der Waals surface area (Å²) >= 11 is 5.86. The van der Waals surface area contributed by atoms with Crippen LogP contribution in [0.5, 0.6) is 0 Å². The van der Waals surface area contributed by atoms with Crippen molar-refractivity contribution in [2.45, 2.75) is 18.0 Å². The SMILES string of the molecule is CNc1cnnc(C(F)F)c1.Cn1cc([C@]2(C(F)(F)F)CN(C=O)c3cnc4cc(Cl)nn4c32)cn1. The number of nitrogens with zero attached hydrogens (tertiary/aromatic N) is 8. The molecule has 190 valence electrons. The number of hydrogen-bond acceptors (Lipinski definition) is 7. The molecule has 0 radical (unpaired) electrons. The van der Waals surface area contributed by atoms with Gasteiger partial charge in [-0.25, -0.2) is 18.3 Å². The molecule has 4 aromatic rings. The zero-order valence-corrected chi connectivity index (χ0v) is 19.3. The molecule has 4 aromatic heterocycles. The van der Waals surface area contributed by atoms with Crippen molar-refractivity contribution in [3.8, 4) is 0 Å². The lowest BCUT2D eigenvalue weighted by atomic mass is 9.79. The Hall–Kier alpha value is -3.88. The smallest absolute Gasteiger partial charge is 0.387 e. The third kappa shape index (κ3) is 4.19. The molecule has 0 unspecified atom stereocenters. The molecular weight excluding hydrogens is 513 g/mol. The van der Waals surface area contributed by atoms with E-state index < -0.39 is 24.6 Å². The first-order valence-electron chi connectivity index (χ1n) is 10.1. The first-order chi connectivity index (χ1) is 17.0. The highest BCUT2D eigenvalue weighted by Gasteiger charge is 2.64. The molecule has 1 atom stereocenters. The second-order valence-electron chi connectivity index (χ2n) is 7.69. The van der Waals surface area contributed by atoms with E-state index in [1.807, 2.05) is 0 Å². The maximum atomic E-state index is 14.4. The molecule has 1 amide bonds. The van der Waals surface area contributed by atoms with E-state index in [1.165, 1.54) is 42.5 Å². The average Bonchev–Trinajstić information content (AvgIpc) is 3.53. The van der Waals surface area contributed by atoms with E-state index >= 15 is 0 Å². The van der Waals surface area contributed by atoms with Crippen molar-refractivity contribution in [2.75, 3.05) is 23.8 Å². The number of rotatable bonds is 4. The lowest BCUT2D eigenvalue weighted by molar-refractivity contribution is -0.174. The Labute approximate surface area is 204 Å². The van der Waals surface area contributed by atoms with Gasteiger partial charge in [0.15, 0.2) is 16.2 Å². The molecule has 0 saturated carbocycles. The van der Waals surface area contributed by atoms with Gasteiger partial charge in [-0.3, -0.25) is 9.48 Å². The third-order valence-electron chi connectivity index (χ3n) is 5.55. The number of carbonyl (C=O) groups excluding carboxylic acids is 1. The molecule has 0 aliphatic carbocycles. The fourth-order valence-corrected chi connectivity index (χ4v) is 4.07. The maximum Gasteiger partial charge on any atom is 0.405 e. The maximum absolute atomic E-state index is 14.4. The molecule has 36 heavy (non-hydrogen) atoms. The van der Waals surface area contributed by atoms with Crippen LogP contribution in [0.25, 0.3) is 5.65 Å². The predicted molar refractivity (Wildman–Crippen MR) is 118 cm³/mol. The molecule has 5 rings (SSSR count). The third-order valence-corrected chi connectivity index (χ3v) is 5.73. The molecule has 5 heterocycles. The van der Waals surface area contributed by atoms with Gasteiger partial charge in [0.05, 0.1) is 42.2 Å². The molecule has 1 N–H and O–H groups in total. The second-order valence-corrected chi connectivity index (χ2v) is 8.08. The van der Waals surface area contributed by atoms with Gasteiger partial charge < -0.3 is 10.2 Å². The van der Waals surface area contributed by atoms with Crippen molar-refractivity contribution in [1.82, 2.24) is 34.6 Å². The Balaban J connectivity index is 0.000000233. The van der Waals surface area contributed by atoms with E-state index in [0.29, 0.717) is 12.1 Å². The van der Waals surface area contributed by atoms with Gasteiger partial charge in [0.1, 0.15) is 5.69 Å². The van der Waals surface area contributed by atoms with Gasteiger partial charge in [-0.05, 0) is 6.07 Å². The highest BCUT2D eigenvalue weighted by atomic mass is 35.5. The Kier molecular flexibility index (Phi) is 6.51. The monoisotopic (exact) mass is 529 g/mol. The van der Waals surface area contributed by atoms with Gasteiger partial charge in [-0.15, -0.1) is 5.10 Å². The van der Waals surface area contributed by atoms with Crippen LogP contribution in [-0.4, -0.2) is 60.8 Å². The topological polar surface area (TPSA) is 106 Å². The molecular formula is C20H17ClF5N9O.